The lowest BCUT2D eigenvalue weighted by Crippen LogP contribution is -2.45. The molecule has 0 aromatic carbocycles. The summed E-state index contributed by atoms with van der Waals surface area (Å²) < 4.78 is 10.4. The molecule has 22 heavy (non-hydrogen) atoms. The fourth-order valence-corrected chi connectivity index (χ4v) is 1.54. The first-order chi connectivity index (χ1) is 10.3. The Morgan fingerprint density at radius 3 is 2.45 bits per heavy atom. The highest BCUT2D eigenvalue weighted by molar-refractivity contribution is 5.87. The number of aldehydes is 1. The van der Waals surface area contributed by atoms with Crippen LogP contribution in [0, 0.1) is 0 Å². The largest absolute Gasteiger partial charge is 0.460 e. The zero-order chi connectivity index (χ0) is 17.0. The summed E-state index contributed by atoms with van der Waals surface area (Å²) in [4.78, 5) is 33.3. The van der Waals surface area contributed by atoms with Crippen molar-refractivity contribution in [3.63, 3.8) is 0 Å². The number of nitrogens with one attached hydrogen (secondary N) is 1. The smallest absolute Gasteiger partial charge is 0.333 e. The van der Waals surface area contributed by atoms with Crippen molar-refractivity contribution >= 4 is 18.2 Å². The SMILES string of the molecule is C=C(C)C(=O)OCCNC(=O)C(C)(C)OCCCCCC=O. The molecular weight excluding hydrogens is 286 g/mol. The molecule has 0 saturated carbocycles. The van der Waals surface area contributed by atoms with Crippen LogP contribution in [-0.4, -0.2) is 43.5 Å². The fourth-order valence-electron chi connectivity index (χ4n) is 1.54. The predicted molar refractivity (Wildman–Crippen MR) is 83.3 cm³/mol. The Morgan fingerprint density at radius 2 is 1.86 bits per heavy atom. The van der Waals surface area contributed by atoms with Gasteiger partial charge in [-0.2, -0.15) is 0 Å². The quantitative estimate of drug-likeness (QED) is 0.257. The Balaban J connectivity index is 3.85. The van der Waals surface area contributed by atoms with Crippen molar-refractivity contribution in [3.05, 3.63) is 12.2 Å². The van der Waals surface area contributed by atoms with Gasteiger partial charge in [-0.1, -0.05) is 13.0 Å². The second-order valence-corrected chi connectivity index (χ2v) is 5.55. The van der Waals surface area contributed by atoms with Crippen LogP contribution in [0.1, 0.15) is 46.5 Å². The van der Waals surface area contributed by atoms with Crippen LogP contribution in [-0.2, 0) is 23.9 Å². The molecule has 0 atom stereocenters. The first-order valence-electron chi connectivity index (χ1n) is 7.49. The van der Waals surface area contributed by atoms with Crippen LogP contribution >= 0.6 is 0 Å². The molecule has 0 aliphatic rings. The number of esters is 1. The number of ether oxygens (including phenoxy) is 2. The lowest BCUT2D eigenvalue weighted by atomic mass is 10.1. The fraction of sp³-hybridized carbons (Fsp3) is 0.688. The third-order valence-corrected chi connectivity index (χ3v) is 2.95. The highest BCUT2D eigenvalue weighted by Crippen LogP contribution is 2.11. The molecule has 0 spiro atoms. The van der Waals surface area contributed by atoms with E-state index in [2.05, 4.69) is 11.9 Å². The van der Waals surface area contributed by atoms with Crippen molar-refractivity contribution in [2.45, 2.75) is 52.1 Å². The van der Waals surface area contributed by atoms with E-state index in [0.717, 1.165) is 25.5 Å². The predicted octanol–water partition coefficient (Wildman–Crippen LogP) is 1.78. The van der Waals surface area contributed by atoms with E-state index in [1.807, 2.05) is 0 Å². The highest BCUT2D eigenvalue weighted by Gasteiger charge is 2.27. The zero-order valence-corrected chi connectivity index (χ0v) is 13.8. The minimum Gasteiger partial charge on any atom is -0.460 e. The van der Waals surface area contributed by atoms with Crippen LogP contribution in [0.3, 0.4) is 0 Å². The average Bonchev–Trinajstić information content (AvgIpc) is 2.46. The van der Waals surface area contributed by atoms with E-state index in [1.165, 1.54) is 0 Å². The molecule has 6 nitrogen and oxygen atoms in total. The Hall–Kier alpha value is -1.69. The van der Waals surface area contributed by atoms with Crippen LogP contribution in [0.15, 0.2) is 12.2 Å². The van der Waals surface area contributed by atoms with Crippen molar-refractivity contribution in [2.75, 3.05) is 19.8 Å². The van der Waals surface area contributed by atoms with E-state index < -0.39 is 11.6 Å². The molecule has 0 rings (SSSR count). The molecule has 0 saturated heterocycles. The number of hydrogen-bond acceptors (Lipinski definition) is 5. The Bertz CT molecular complexity index is 390. The first-order valence-corrected chi connectivity index (χ1v) is 7.49. The van der Waals surface area contributed by atoms with Crippen molar-refractivity contribution in [1.82, 2.24) is 5.32 Å². The molecular formula is C16H27NO5. The molecule has 1 amide bonds. The molecule has 0 radical (unpaired) electrons. The molecule has 6 heteroatoms. The van der Waals surface area contributed by atoms with Crippen LogP contribution in [0.4, 0.5) is 0 Å². The molecule has 0 aliphatic carbocycles. The molecule has 0 aromatic rings. The molecule has 0 bridgehead atoms. The van der Waals surface area contributed by atoms with Crippen molar-refractivity contribution < 1.29 is 23.9 Å². The van der Waals surface area contributed by atoms with Gasteiger partial charge in [-0.15, -0.1) is 0 Å². The summed E-state index contributed by atoms with van der Waals surface area (Å²) in [6.45, 7) is 9.19. The van der Waals surface area contributed by atoms with Crippen LogP contribution < -0.4 is 5.32 Å². The highest BCUT2D eigenvalue weighted by atomic mass is 16.5. The van der Waals surface area contributed by atoms with Gasteiger partial charge in [0, 0.05) is 18.6 Å². The second-order valence-electron chi connectivity index (χ2n) is 5.55. The number of hydrogen-bond donors (Lipinski definition) is 1. The van der Waals surface area contributed by atoms with Gasteiger partial charge < -0.3 is 19.6 Å². The summed E-state index contributed by atoms with van der Waals surface area (Å²) in [5, 5.41) is 2.66. The average molecular weight is 313 g/mol. The third-order valence-electron chi connectivity index (χ3n) is 2.95. The van der Waals surface area contributed by atoms with Crippen LogP contribution in [0.5, 0.6) is 0 Å². The Labute approximate surface area is 132 Å². The van der Waals surface area contributed by atoms with E-state index in [4.69, 9.17) is 9.47 Å². The maximum Gasteiger partial charge on any atom is 0.333 e. The minimum absolute atomic E-state index is 0.0964. The second kappa shape index (κ2) is 11.0. The Kier molecular flexibility index (Phi) is 10.1. The minimum atomic E-state index is -0.941. The van der Waals surface area contributed by atoms with Gasteiger partial charge >= 0.3 is 5.97 Å². The number of unbranched alkanes of at least 4 members (excludes halogenated alkanes) is 3. The van der Waals surface area contributed by atoms with Gasteiger partial charge in [0.05, 0.1) is 6.54 Å². The molecule has 0 aliphatic heterocycles. The molecule has 0 aromatic heterocycles. The third kappa shape index (κ3) is 9.28. The van der Waals surface area contributed by atoms with E-state index in [1.54, 1.807) is 20.8 Å². The van der Waals surface area contributed by atoms with Gasteiger partial charge in [0.1, 0.15) is 18.5 Å². The van der Waals surface area contributed by atoms with E-state index in [0.29, 0.717) is 18.6 Å². The topological polar surface area (TPSA) is 81.7 Å². The lowest BCUT2D eigenvalue weighted by molar-refractivity contribution is -0.144. The van der Waals surface area contributed by atoms with Gasteiger partial charge in [0.15, 0.2) is 0 Å². The van der Waals surface area contributed by atoms with E-state index in [-0.39, 0.29) is 19.1 Å². The monoisotopic (exact) mass is 313 g/mol. The first kappa shape index (κ1) is 20.3. The van der Waals surface area contributed by atoms with E-state index >= 15 is 0 Å². The maximum atomic E-state index is 12.0. The van der Waals surface area contributed by atoms with Gasteiger partial charge in [-0.3, -0.25) is 4.79 Å². The summed E-state index contributed by atoms with van der Waals surface area (Å²) in [5.74, 6) is -0.730. The summed E-state index contributed by atoms with van der Waals surface area (Å²) in [6.07, 6.45) is 4.01. The molecule has 0 fully saturated rings. The molecule has 0 unspecified atom stereocenters. The molecule has 1 N–H and O–H groups in total. The molecule has 126 valence electrons. The van der Waals surface area contributed by atoms with Gasteiger partial charge in [-0.25, -0.2) is 4.79 Å². The van der Waals surface area contributed by atoms with Crippen molar-refractivity contribution in [3.8, 4) is 0 Å². The standard InChI is InChI=1S/C16H27NO5/c1-13(2)14(19)21-12-9-17-15(20)16(3,4)22-11-8-6-5-7-10-18/h10H,1,5-9,11-12H2,2-4H3,(H,17,20). The van der Waals surface area contributed by atoms with Crippen LogP contribution in [0.25, 0.3) is 0 Å². The van der Waals surface area contributed by atoms with Crippen LogP contribution in [0.2, 0.25) is 0 Å². The summed E-state index contributed by atoms with van der Waals surface area (Å²) in [6, 6.07) is 0. The Morgan fingerprint density at radius 1 is 1.18 bits per heavy atom. The van der Waals surface area contributed by atoms with Crippen molar-refractivity contribution in [1.29, 1.82) is 0 Å². The van der Waals surface area contributed by atoms with Gasteiger partial charge in [0.25, 0.3) is 5.91 Å². The summed E-state index contributed by atoms with van der Waals surface area (Å²) in [7, 11) is 0. The zero-order valence-electron chi connectivity index (χ0n) is 13.8. The maximum absolute atomic E-state index is 12.0. The lowest BCUT2D eigenvalue weighted by Gasteiger charge is -2.24. The number of rotatable bonds is 12. The van der Waals surface area contributed by atoms with Crippen molar-refractivity contribution in [2.24, 2.45) is 0 Å². The number of carbonyl (C=O) groups excluding carboxylic acids is 3. The molecule has 0 heterocycles. The van der Waals surface area contributed by atoms with Gasteiger partial charge in [0.2, 0.25) is 0 Å². The van der Waals surface area contributed by atoms with E-state index in [9.17, 15) is 14.4 Å². The summed E-state index contributed by atoms with van der Waals surface area (Å²) >= 11 is 0. The summed E-state index contributed by atoms with van der Waals surface area (Å²) in [5.41, 5.74) is -0.618. The van der Waals surface area contributed by atoms with Gasteiger partial charge in [-0.05, 0) is 33.6 Å². The number of amides is 1. The normalized spacial score (nSPS) is 10.9. The number of carbonyl (C=O) groups is 3.